The predicted octanol–water partition coefficient (Wildman–Crippen LogP) is 3.75. The Labute approximate surface area is 154 Å². The fraction of sp³-hybridized carbons (Fsp3) is 0.364. The number of aryl methyl sites for hydroxylation is 1. The van der Waals surface area contributed by atoms with E-state index >= 15 is 0 Å². The van der Waals surface area contributed by atoms with Crippen molar-refractivity contribution in [3.63, 3.8) is 0 Å². The van der Waals surface area contributed by atoms with Crippen LogP contribution >= 0.6 is 0 Å². The van der Waals surface area contributed by atoms with Crippen molar-refractivity contribution in [1.82, 2.24) is 10.2 Å². The first-order valence-electron chi connectivity index (χ1n) is 9.39. The largest absolute Gasteiger partial charge is 0.351 e. The van der Waals surface area contributed by atoms with E-state index in [9.17, 15) is 9.59 Å². The van der Waals surface area contributed by atoms with Gasteiger partial charge in [-0.3, -0.25) is 9.59 Å². The average molecular weight is 348 g/mol. The number of hydrogen-bond acceptors (Lipinski definition) is 2. The zero-order valence-corrected chi connectivity index (χ0v) is 15.1. The molecule has 0 unspecified atom stereocenters. The lowest BCUT2D eigenvalue weighted by molar-refractivity contribution is -0.126. The second kappa shape index (κ2) is 6.94. The summed E-state index contributed by atoms with van der Waals surface area (Å²) in [7, 11) is 0. The van der Waals surface area contributed by atoms with Gasteiger partial charge in [-0.05, 0) is 37.0 Å². The minimum absolute atomic E-state index is 0.0534. The van der Waals surface area contributed by atoms with Gasteiger partial charge in [-0.25, -0.2) is 0 Å². The van der Waals surface area contributed by atoms with E-state index in [0.29, 0.717) is 12.1 Å². The fourth-order valence-corrected chi connectivity index (χ4v) is 4.06. The van der Waals surface area contributed by atoms with Gasteiger partial charge in [0.25, 0.3) is 5.91 Å². The lowest BCUT2D eigenvalue weighted by atomic mass is 10.0. The zero-order valence-electron chi connectivity index (χ0n) is 15.1. The second-order valence-corrected chi connectivity index (χ2v) is 7.40. The third-order valence-corrected chi connectivity index (χ3v) is 5.48. The Morgan fingerprint density at radius 3 is 2.50 bits per heavy atom. The van der Waals surface area contributed by atoms with Crippen molar-refractivity contribution in [2.24, 2.45) is 0 Å². The van der Waals surface area contributed by atoms with Gasteiger partial charge in [-0.1, -0.05) is 60.9 Å². The quantitative estimate of drug-likeness (QED) is 0.915. The molecule has 0 aromatic heterocycles. The summed E-state index contributed by atoms with van der Waals surface area (Å²) < 4.78 is 0. The Balaban J connectivity index is 1.62. The van der Waals surface area contributed by atoms with Crippen LogP contribution in [0.25, 0.3) is 0 Å². The van der Waals surface area contributed by atoms with E-state index in [4.69, 9.17) is 0 Å². The first-order valence-corrected chi connectivity index (χ1v) is 9.39. The lowest BCUT2D eigenvalue weighted by Crippen LogP contribution is -2.42. The number of fused-ring (bicyclic) bond motifs is 1. The van der Waals surface area contributed by atoms with Crippen LogP contribution in [0.15, 0.2) is 48.5 Å². The molecule has 1 saturated carbocycles. The van der Waals surface area contributed by atoms with Crippen molar-refractivity contribution in [3.05, 3.63) is 70.8 Å². The first kappa shape index (κ1) is 16.8. The molecule has 1 heterocycles. The third-order valence-electron chi connectivity index (χ3n) is 5.48. The van der Waals surface area contributed by atoms with Gasteiger partial charge >= 0.3 is 0 Å². The predicted molar refractivity (Wildman–Crippen MR) is 101 cm³/mol. The number of rotatable bonds is 4. The van der Waals surface area contributed by atoms with E-state index in [-0.39, 0.29) is 17.9 Å². The Bertz CT molecular complexity index is 822. The molecule has 26 heavy (non-hydrogen) atoms. The molecule has 0 saturated heterocycles. The first-order chi connectivity index (χ1) is 12.6. The zero-order chi connectivity index (χ0) is 18.1. The number of carbonyl (C=O) groups is 2. The Kier molecular flexibility index (Phi) is 4.49. The van der Waals surface area contributed by atoms with Gasteiger partial charge in [0, 0.05) is 18.2 Å². The molecule has 1 aliphatic heterocycles. The maximum Gasteiger partial charge on any atom is 0.255 e. The van der Waals surface area contributed by atoms with E-state index in [1.54, 1.807) is 4.90 Å². The van der Waals surface area contributed by atoms with Gasteiger partial charge in [-0.2, -0.15) is 0 Å². The monoisotopic (exact) mass is 348 g/mol. The van der Waals surface area contributed by atoms with Crippen LogP contribution in [0, 0.1) is 6.92 Å². The van der Waals surface area contributed by atoms with Crippen LogP contribution in [0.5, 0.6) is 0 Å². The molecule has 0 bridgehead atoms. The number of hydrogen-bond donors (Lipinski definition) is 1. The van der Waals surface area contributed by atoms with Crippen LogP contribution in [0.2, 0.25) is 0 Å². The normalized spacial score (nSPS) is 19.7. The minimum atomic E-state index is -0.541. The van der Waals surface area contributed by atoms with Gasteiger partial charge < -0.3 is 10.2 Å². The molecule has 2 aromatic rings. The molecule has 0 spiro atoms. The van der Waals surface area contributed by atoms with Crippen molar-refractivity contribution >= 4 is 11.8 Å². The summed E-state index contributed by atoms with van der Waals surface area (Å²) in [6, 6.07) is 15.3. The molecule has 4 nitrogen and oxygen atoms in total. The fourth-order valence-electron chi connectivity index (χ4n) is 4.06. The summed E-state index contributed by atoms with van der Waals surface area (Å²) in [4.78, 5) is 27.7. The van der Waals surface area contributed by atoms with E-state index < -0.39 is 6.04 Å². The Morgan fingerprint density at radius 2 is 1.77 bits per heavy atom. The summed E-state index contributed by atoms with van der Waals surface area (Å²) in [5.41, 5.74) is 3.68. The van der Waals surface area contributed by atoms with Gasteiger partial charge in [0.1, 0.15) is 6.04 Å². The highest BCUT2D eigenvalue weighted by molar-refractivity contribution is 6.04. The van der Waals surface area contributed by atoms with E-state index in [0.717, 1.165) is 36.8 Å². The van der Waals surface area contributed by atoms with Crippen molar-refractivity contribution in [3.8, 4) is 0 Å². The SMILES string of the molecule is Cc1ccc(CN2C(=O)c3ccccc3[C@@H]2C(=O)NC2CCCC2)cc1. The standard InChI is InChI=1S/C22H24N2O2/c1-15-10-12-16(13-11-15)14-24-20(21(25)23-17-6-2-3-7-17)18-8-4-5-9-19(18)22(24)26/h4-5,8-13,17,20H,2-3,6-7,14H2,1H3,(H,23,25)/t20-/m1/s1. The van der Waals surface area contributed by atoms with Crippen LogP contribution in [0.1, 0.15) is 58.8 Å². The number of nitrogens with zero attached hydrogens (tertiary/aromatic N) is 1. The van der Waals surface area contributed by atoms with Crippen LogP contribution in [-0.4, -0.2) is 22.8 Å². The highest BCUT2D eigenvalue weighted by Gasteiger charge is 2.41. The number of nitrogens with one attached hydrogen (secondary N) is 1. The molecule has 2 aliphatic rings. The molecule has 1 fully saturated rings. The number of carbonyl (C=O) groups excluding carboxylic acids is 2. The number of amides is 2. The summed E-state index contributed by atoms with van der Waals surface area (Å²) >= 11 is 0. The topological polar surface area (TPSA) is 49.4 Å². The van der Waals surface area contributed by atoms with Crippen LogP contribution in [0.4, 0.5) is 0 Å². The average Bonchev–Trinajstić information content (AvgIpc) is 3.24. The van der Waals surface area contributed by atoms with E-state index in [1.807, 2.05) is 55.5 Å². The molecule has 2 aromatic carbocycles. The van der Waals surface area contributed by atoms with Gasteiger partial charge in [0.2, 0.25) is 5.91 Å². The number of benzene rings is 2. The Morgan fingerprint density at radius 1 is 1.08 bits per heavy atom. The van der Waals surface area contributed by atoms with Gasteiger partial charge in [0.15, 0.2) is 0 Å². The molecule has 4 rings (SSSR count). The summed E-state index contributed by atoms with van der Waals surface area (Å²) in [5.74, 6) is -0.116. The smallest absolute Gasteiger partial charge is 0.255 e. The third kappa shape index (κ3) is 3.12. The summed E-state index contributed by atoms with van der Waals surface area (Å²) in [5, 5.41) is 3.17. The maximum absolute atomic E-state index is 13.1. The van der Waals surface area contributed by atoms with Gasteiger partial charge in [0.05, 0.1) is 0 Å². The molecule has 1 N–H and O–H groups in total. The molecule has 4 heteroatoms. The van der Waals surface area contributed by atoms with Crippen molar-refractivity contribution < 1.29 is 9.59 Å². The molecular formula is C22H24N2O2. The van der Waals surface area contributed by atoms with Crippen LogP contribution in [0.3, 0.4) is 0 Å². The van der Waals surface area contributed by atoms with Crippen LogP contribution in [-0.2, 0) is 11.3 Å². The van der Waals surface area contributed by atoms with Crippen molar-refractivity contribution in [1.29, 1.82) is 0 Å². The minimum Gasteiger partial charge on any atom is -0.351 e. The Hall–Kier alpha value is -2.62. The van der Waals surface area contributed by atoms with Crippen molar-refractivity contribution in [2.45, 2.75) is 51.2 Å². The molecule has 1 atom stereocenters. The molecular weight excluding hydrogens is 324 g/mol. The summed E-state index contributed by atoms with van der Waals surface area (Å²) in [6.07, 6.45) is 4.40. The highest BCUT2D eigenvalue weighted by atomic mass is 16.2. The van der Waals surface area contributed by atoms with Crippen LogP contribution < -0.4 is 5.32 Å². The second-order valence-electron chi connectivity index (χ2n) is 7.40. The van der Waals surface area contributed by atoms with Gasteiger partial charge in [-0.15, -0.1) is 0 Å². The molecule has 2 amide bonds. The molecule has 1 aliphatic carbocycles. The highest BCUT2D eigenvalue weighted by Crippen LogP contribution is 2.35. The lowest BCUT2D eigenvalue weighted by Gasteiger charge is -2.26. The van der Waals surface area contributed by atoms with Crippen molar-refractivity contribution in [2.75, 3.05) is 0 Å². The molecule has 134 valence electrons. The molecule has 0 radical (unpaired) electrons. The maximum atomic E-state index is 13.1. The van der Waals surface area contributed by atoms with E-state index in [1.165, 1.54) is 5.56 Å². The van der Waals surface area contributed by atoms with E-state index in [2.05, 4.69) is 5.32 Å². The summed E-state index contributed by atoms with van der Waals surface area (Å²) in [6.45, 7) is 2.48.